The molecule has 1 saturated heterocycles. The van der Waals surface area contributed by atoms with Gasteiger partial charge in [-0.3, -0.25) is 4.90 Å². The summed E-state index contributed by atoms with van der Waals surface area (Å²) in [5.41, 5.74) is 0. The number of ether oxygens (including phenoxy) is 2. The lowest BCUT2D eigenvalue weighted by Gasteiger charge is -2.33. The van der Waals surface area contributed by atoms with Crippen molar-refractivity contribution < 1.29 is 22.3 Å². The monoisotopic (exact) mass is 408 g/mol. The molecule has 0 bridgehead atoms. The first kappa shape index (κ1) is 20.6. The van der Waals surface area contributed by atoms with Crippen LogP contribution in [-0.4, -0.2) is 63.6 Å². The van der Waals surface area contributed by atoms with Gasteiger partial charge in [-0.25, -0.2) is 12.8 Å². The van der Waals surface area contributed by atoms with Crippen LogP contribution >= 0.6 is 0 Å². The average molecular weight is 408 g/mol. The Kier molecular flexibility index (Phi) is 6.88. The van der Waals surface area contributed by atoms with E-state index in [9.17, 15) is 12.8 Å². The second-order valence-electron chi connectivity index (χ2n) is 6.46. The molecule has 0 radical (unpaired) electrons. The second kappa shape index (κ2) is 9.36. The number of benzene rings is 2. The first-order chi connectivity index (χ1) is 13.5. The van der Waals surface area contributed by atoms with Crippen LogP contribution < -0.4 is 9.47 Å². The maximum atomic E-state index is 13.1. The first-order valence-electron chi connectivity index (χ1n) is 9.33. The van der Waals surface area contributed by atoms with Gasteiger partial charge in [0.1, 0.15) is 23.9 Å². The maximum absolute atomic E-state index is 13.1. The third-order valence-corrected chi connectivity index (χ3v) is 6.49. The van der Waals surface area contributed by atoms with Crippen LogP contribution in [0, 0.1) is 5.82 Å². The largest absolute Gasteiger partial charge is 0.494 e. The number of sulfonamides is 1. The minimum absolute atomic E-state index is 0.277. The van der Waals surface area contributed by atoms with Gasteiger partial charge in [-0.15, -0.1) is 0 Å². The van der Waals surface area contributed by atoms with E-state index in [1.165, 1.54) is 16.4 Å². The van der Waals surface area contributed by atoms with Crippen molar-refractivity contribution in [3.8, 4) is 11.5 Å². The van der Waals surface area contributed by atoms with Crippen molar-refractivity contribution in [1.82, 2.24) is 9.21 Å². The van der Waals surface area contributed by atoms with Crippen LogP contribution in [-0.2, 0) is 10.0 Å². The van der Waals surface area contributed by atoms with Crippen LogP contribution in [0.25, 0.3) is 0 Å². The van der Waals surface area contributed by atoms with Gasteiger partial charge in [-0.2, -0.15) is 4.31 Å². The highest BCUT2D eigenvalue weighted by Crippen LogP contribution is 2.21. The Balaban J connectivity index is 1.48. The number of nitrogens with zero attached hydrogens (tertiary/aromatic N) is 2. The summed E-state index contributed by atoms with van der Waals surface area (Å²) in [5, 5.41) is 0. The molecular formula is C20H25FN2O4S. The third kappa shape index (κ3) is 5.21. The quantitative estimate of drug-likeness (QED) is 0.672. The normalized spacial score (nSPS) is 16.1. The van der Waals surface area contributed by atoms with Crippen molar-refractivity contribution in [3.63, 3.8) is 0 Å². The number of halogens is 1. The summed E-state index contributed by atoms with van der Waals surface area (Å²) in [5.74, 6) is 0.826. The molecule has 0 atom stereocenters. The molecule has 28 heavy (non-hydrogen) atoms. The van der Waals surface area contributed by atoms with Crippen molar-refractivity contribution >= 4 is 10.0 Å². The zero-order valence-corrected chi connectivity index (χ0v) is 16.7. The molecule has 0 aromatic heterocycles. The van der Waals surface area contributed by atoms with E-state index in [1.807, 2.05) is 6.92 Å². The lowest BCUT2D eigenvalue weighted by Crippen LogP contribution is -2.49. The van der Waals surface area contributed by atoms with Gasteiger partial charge in [0.25, 0.3) is 0 Å². The molecule has 0 amide bonds. The lowest BCUT2D eigenvalue weighted by molar-refractivity contribution is 0.158. The highest BCUT2D eigenvalue weighted by molar-refractivity contribution is 7.89. The molecule has 1 fully saturated rings. The zero-order valence-electron chi connectivity index (χ0n) is 15.9. The van der Waals surface area contributed by atoms with Gasteiger partial charge in [0.15, 0.2) is 0 Å². The SMILES string of the molecule is CCOc1ccc(S(=O)(=O)N2CCN(CCOc3cccc(F)c3)CC2)cc1. The minimum Gasteiger partial charge on any atom is -0.494 e. The third-order valence-electron chi connectivity index (χ3n) is 4.58. The Bertz CT molecular complexity index is 866. The molecule has 3 rings (SSSR count). The Hall–Kier alpha value is -2.16. The summed E-state index contributed by atoms with van der Waals surface area (Å²) >= 11 is 0. The molecule has 152 valence electrons. The van der Waals surface area contributed by atoms with E-state index in [-0.39, 0.29) is 10.7 Å². The fourth-order valence-corrected chi connectivity index (χ4v) is 4.49. The van der Waals surface area contributed by atoms with Crippen LogP contribution in [0.1, 0.15) is 6.92 Å². The summed E-state index contributed by atoms with van der Waals surface area (Å²) in [6.45, 7) is 5.61. The van der Waals surface area contributed by atoms with Crippen molar-refractivity contribution in [1.29, 1.82) is 0 Å². The molecule has 2 aromatic rings. The van der Waals surface area contributed by atoms with Crippen molar-refractivity contribution in [2.45, 2.75) is 11.8 Å². The predicted octanol–water partition coefficient (Wildman–Crippen LogP) is 2.61. The number of hydrogen-bond acceptors (Lipinski definition) is 5. The highest BCUT2D eigenvalue weighted by Gasteiger charge is 2.28. The Morgan fingerprint density at radius 3 is 2.32 bits per heavy atom. The molecule has 0 saturated carbocycles. The molecule has 6 nitrogen and oxygen atoms in total. The topological polar surface area (TPSA) is 59.1 Å². The summed E-state index contributed by atoms with van der Waals surface area (Å²) in [6, 6.07) is 12.6. The smallest absolute Gasteiger partial charge is 0.243 e. The van der Waals surface area contributed by atoms with Crippen molar-refractivity contribution in [3.05, 3.63) is 54.3 Å². The van der Waals surface area contributed by atoms with E-state index in [1.54, 1.807) is 36.4 Å². The Morgan fingerprint density at radius 1 is 0.964 bits per heavy atom. The number of piperazine rings is 1. The Morgan fingerprint density at radius 2 is 1.68 bits per heavy atom. The van der Waals surface area contributed by atoms with Crippen LogP contribution in [0.4, 0.5) is 4.39 Å². The van der Waals surface area contributed by atoms with E-state index in [0.29, 0.717) is 57.4 Å². The van der Waals surface area contributed by atoms with Gasteiger partial charge >= 0.3 is 0 Å². The van der Waals surface area contributed by atoms with Crippen LogP contribution in [0.15, 0.2) is 53.4 Å². The zero-order chi connectivity index (χ0) is 20.0. The van der Waals surface area contributed by atoms with Crippen LogP contribution in [0.5, 0.6) is 11.5 Å². The van der Waals surface area contributed by atoms with Gasteiger partial charge in [-0.05, 0) is 43.3 Å². The van der Waals surface area contributed by atoms with Gasteiger partial charge in [0, 0.05) is 38.8 Å². The number of hydrogen-bond donors (Lipinski definition) is 0. The van der Waals surface area contributed by atoms with E-state index < -0.39 is 10.0 Å². The van der Waals surface area contributed by atoms with E-state index in [2.05, 4.69) is 4.90 Å². The standard InChI is InChI=1S/C20H25FN2O4S/c1-2-26-18-6-8-20(9-7-18)28(24,25)23-12-10-22(11-13-23)14-15-27-19-5-3-4-17(21)16-19/h3-9,16H,2,10-15H2,1H3. The van der Waals surface area contributed by atoms with Gasteiger partial charge in [-0.1, -0.05) is 6.07 Å². The summed E-state index contributed by atoms with van der Waals surface area (Å²) in [4.78, 5) is 2.42. The molecule has 1 aliphatic rings. The summed E-state index contributed by atoms with van der Waals surface area (Å²) in [7, 11) is -3.51. The van der Waals surface area contributed by atoms with Gasteiger partial charge in [0.2, 0.25) is 10.0 Å². The minimum atomic E-state index is -3.51. The average Bonchev–Trinajstić information content (AvgIpc) is 2.69. The fraction of sp³-hybridized carbons (Fsp3) is 0.400. The predicted molar refractivity (Wildman–Crippen MR) is 105 cm³/mol. The highest BCUT2D eigenvalue weighted by atomic mass is 32.2. The van der Waals surface area contributed by atoms with E-state index >= 15 is 0 Å². The van der Waals surface area contributed by atoms with E-state index in [0.717, 1.165) is 0 Å². The summed E-state index contributed by atoms with van der Waals surface area (Å²) in [6.07, 6.45) is 0. The molecule has 1 heterocycles. The second-order valence-corrected chi connectivity index (χ2v) is 8.39. The van der Waals surface area contributed by atoms with Gasteiger partial charge in [0.05, 0.1) is 11.5 Å². The molecule has 0 N–H and O–H groups in total. The van der Waals surface area contributed by atoms with Crippen LogP contribution in [0.2, 0.25) is 0 Å². The first-order valence-corrected chi connectivity index (χ1v) is 10.8. The maximum Gasteiger partial charge on any atom is 0.243 e. The fourth-order valence-electron chi connectivity index (χ4n) is 3.07. The molecule has 0 spiro atoms. The van der Waals surface area contributed by atoms with E-state index in [4.69, 9.17) is 9.47 Å². The molecule has 0 aliphatic carbocycles. The molecule has 8 heteroatoms. The molecule has 0 unspecified atom stereocenters. The van der Waals surface area contributed by atoms with Gasteiger partial charge < -0.3 is 9.47 Å². The molecule has 2 aromatic carbocycles. The summed E-state index contributed by atoms with van der Waals surface area (Å²) < 4.78 is 51.2. The Labute approximate surface area is 165 Å². The van der Waals surface area contributed by atoms with Crippen molar-refractivity contribution in [2.75, 3.05) is 45.9 Å². The molecule has 1 aliphatic heterocycles. The van der Waals surface area contributed by atoms with Crippen molar-refractivity contribution in [2.24, 2.45) is 0 Å². The lowest BCUT2D eigenvalue weighted by atomic mass is 10.3. The van der Waals surface area contributed by atoms with Crippen LogP contribution in [0.3, 0.4) is 0 Å². The molecular weight excluding hydrogens is 383 g/mol. The number of rotatable bonds is 8.